The first-order valence-electron chi connectivity index (χ1n) is 6.59. The van der Waals surface area contributed by atoms with Gasteiger partial charge in [-0.2, -0.15) is 4.98 Å². The average Bonchev–Trinajstić information content (AvgIpc) is 2.95. The molecule has 22 heavy (non-hydrogen) atoms. The van der Waals surface area contributed by atoms with Crippen LogP contribution in [0.1, 0.15) is 11.5 Å². The third-order valence-electron chi connectivity index (χ3n) is 3.04. The van der Waals surface area contributed by atoms with Crippen molar-refractivity contribution in [2.45, 2.75) is 13.5 Å². The smallest absolute Gasteiger partial charge is 0.223 e. The minimum Gasteiger partial charge on any atom is -0.489 e. The van der Waals surface area contributed by atoms with Crippen molar-refractivity contribution in [3.05, 3.63) is 65.6 Å². The predicted octanol–water partition coefficient (Wildman–Crippen LogP) is 3.90. The Labute approximate surface area is 125 Å². The minimum atomic E-state index is -0.500. The highest BCUT2D eigenvalue weighted by Gasteiger charge is 2.07. The van der Waals surface area contributed by atoms with Gasteiger partial charge in [0, 0.05) is 18.1 Å². The number of rotatable bonds is 4. The molecule has 0 aliphatic rings. The van der Waals surface area contributed by atoms with Crippen molar-refractivity contribution >= 4 is 0 Å². The monoisotopic (exact) mass is 302 g/mol. The molecule has 4 nitrogen and oxygen atoms in total. The molecular weight excluding hydrogens is 290 g/mol. The standard InChI is InChI=1S/C16H12F2N2O2/c1-10-19-16(20-22-10)11-2-5-14(6-3-11)21-9-12-8-13(17)4-7-15(12)18/h2-8H,9H2,1H3. The Balaban J connectivity index is 1.70. The first-order valence-corrected chi connectivity index (χ1v) is 6.59. The lowest BCUT2D eigenvalue weighted by Gasteiger charge is -2.07. The fraction of sp³-hybridized carbons (Fsp3) is 0.125. The second-order valence-electron chi connectivity index (χ2n) is 4.69. The summed E-state index contributed by atoms with van der Waals surface area (Å²) >= 11 is 0. The van der Waals surface area contributed by atoms with E-state index in [-0.39, 0.29) is 12.2 Å². The van der Waals surface area contributed by atoms with Crippen LogP contribution in [0.25, 0.3) is 11.4 Å². The van der Waals surface area contributed by atoms with Gasteiger partial charge in [-0.25, -0.2) is 8.78 Å². The van der Waals surface area contributed by atoms with Crippen molar-refractivity contribution in [3.8, 4) is 17.1 Å². The Morgan fingerprint density at radius 1 is 1.09 bits per heavy atom. The van der Waals surface area contributed by atoms with Gasteiger partial charge >= 0.3 is 0 Å². The van der Waals surface area contributed by atoms with Crippen LogP contribution in [-0.4, -0.2) is 10.1 Å². The van der Waals surface area contributed by atoms with Gasteiger partial charge in [0.2, 0.25) is 11.7 Å². The van der Waals surface area contributed by atoms with Gasteiger partial charge in [0.1, 0.15) is 24.0 Å². The van der Waals surface area contributed by atoms with Crippen LogP contribution in [-0.2, 0) is 6.61 Å². The van der Waals surface area contributed by atoms with E-state index in [4.69, 9.17) is 9.26 Å². The van der Waals surface area contributed by atoms with E-state index in [2.05, 4.69) is 10.1 Å². The summed E-state index contributed by atoms with van der Waals surface area (Å²) in [6.07, 6.45) is 0. The van der Waals surface area contributed by atoms with Gasteiger partial charge < -0.3 is 9.26 Å². The number of benzene rings is 2. The SMILES string of the molecule is Cc1nc(-c2ccc(OCc3cc(F)ccc3F)cc2)no1. The third kappa shape index (κ3) is 3.11. The van der Waals surface area contributed by atoms with Gasteiger partial charge in [0.05, 0.1) is 0 Å². The molecule has 0 aliphatic carbocycles. The largest absolute Gasteiger partial charge is 0.489 e. The first-order chi connectivity index (χ1) is 10.6. The Morgan fingerprint density at radius 3 is 2.55 bits per heavy atom. The first kappa shape index (κ1) is 14.2. The van der Waals surface area contributed by atoms with Crippen molar-refractivity contribution in [2.75, 3.05) is 0 Å². The van der Waals surface area contributed by atoms with E-state index in [1.807, 2.05) is 0 Å². The Morgan fingerprint density at radius 2 is 1.86 bits per heavy atom. The quantitative estimate of drug-likeness (QED) is 0.733. The molecule has 1 aromatic heterocycles. The maximum absolute atomic E-state index is 13.5. The molecule has 0 aliphatic heterocycles. The van der Waals surface area contributed by atoms with Crippen molar-refractivity contribution in [1.29, 1.82) is 0 Å². The van der Waals surface area contributed by atoms with E-state index in [0.29, 0.717) is 17.5 Å². The van der Waals surface area contributed by atoms with Gasteiger partial charge in [-0.3, -0.25) is 0 Å². The molecule has 0 radical (unpaired) electrons. The number of halogens is 2. The van der Waals surface area contributed by atoms with Crippen molar-refractivity contribution < 1.29 is 18.0 Å². The normalized spacial score (nSPS) is 10.7. The maximum atomic E-state index is 13.5. The Kier molecular flexibility index (Phi) is 3.82. The summed E-state index contributed by atoms with van der Waals surface area (Å²) in [5.74, 6) is 0.507. The van der Waals surface area contributed by atoms with Crippen LogP contribution < -0.4 is 4.74 Å². The van der Waals surface area contributed by atoms with Crippen LogP contribution in [0.2, 0.25) is 0 Å². The third-order valence-corrected chi connectivity index (χ3v) is 3.04. The molecule has 0 saturated carbocycles. The van der Waals surface area contributed by atoms with Crippen molar-refractivity contribution in [1.82, 2.24) is 10.1 Å². The zero-order chi connectivity index (χ0) is 15.5. The maximum Gasteiger partial charge on any atom is 0.223 e. The molecule has 0 bridgehead atoms. The lowest BCUT2D eigenvalue weighted by Crippen LogP contribution is -1.99. The van der Waals surface area contributed by atoms with Crippen LogP contribution in [0.15, 0.2) is 47.0 Å². The van der Waals surface area contributed by atoms with Gasteiger partial charge in [0.25, 0.3) is 0 Å². The second kappa shape index (κ2) is 5.93. The van der Waals surface area contributed by atoms with Crippen LogP contribution in [0.3, 0.4) is 0 Å². The number of nitrogens with zero attached hydrogens (tertiary/aromatic N) is 2. The fourth-order valence-corrected chi connectivity index (χ4v) is 1.93. The molecule has 0 spiro atoms. The number of hydrogen-bond donors (Lipinski definition) is 0. The fourth-order valence-electron chi connectivity index (χ4n) is 1.93. The number of ether oxygens (including phenoxy) is 1. The highest BCUT2D eigenvalue weighted by Crippen LogP contribution is 2.21. The Hall–Kier alpha value is -2.76. The molecule has 0 saturated heterocycles. The summed E-state index contributed by atoms with van der Waals surface area (Å²) in [7, 11) is 0. The molecule has 0 atom stereocenters. The molecule has 112 valence electrons. The summed E-state index contributed by atoms with van der Waals surface area (Å²) in [5, 5.41) is 3.81. The summed E-state index contributed by atoms with van der Waals surface area (Å²) < 4.78 is 36.9. The van der Waals surface area contributed by atoms with Crippen LogP contribution in [0, 0.1) is 18.6 Å². The highest BCUT2D eigenvalue weighted by atomic mass is 19.1. The van der Waals surface area contributed by atoms with Crippen LogP contribution in [0.4, 0.5) is 8.78 Å². The highest BCUT2D eigenvalue weighted by molar-refractivity contribution is 5.55. The molecular formula is C16H12F2N2O2. The van der Waals surface area contributed by atoms with Crippen molar-refractivity contribution in [2.24, 2.45) is 0 Å². The van der Waals surface area contributed by atoms with E-state index in [1.165, 1.54) is 0 Å². The van der Waals surface area contributed by atoms with Crippen LogP contribution >= 0.6 is 0 Å². The molecule has 2 aromatic carbocycles. The topological polar surface area (TPSA) is 48.2 Å². The van der Waals surface area contributed by atoms with E-state index in [9.17, 15) is 8.78 Å². The van der Waals surface area contributed by atoms with E-state index in [1.54, 1.807) is 31.2 Å². The molecule has 1 heterocycles. The van der Waals surface area contributed by atoms with Gasteiger partial charge in [0.15, 0.2) is 0 Å². The summed E-state index contributed by atoms with van der Waals surface area (Å²) in [4.78, 5) is 4.12. The molecule has 3 rings (SSSR count). The molecule has 3 aromatic rings. The van der Waals surface area contributed by atoms with E-state index >= 15 is 0 Å². The average molecular weight is 302 g/mol. The summed E-state index contributed by atoms with van der Waals surface area (Å²) in [6.45, 7) is 1.66. The molecule has 0 fully saturated rings. The molecule has 0 N–H and O–H groups in total. The minimum absolute atomic E-state index is 0.0513. The lowest BCUT2D eigenvalue weighted by atomic mass is 10.2. The van der Waals surface area contributed by atoms with Crippen molar-refractivity contribution in [3.63, 3.8) is 0 Å². The zero-order valence-corrected chi connectivity index (χ0v) is 11.7. The zero-order valence-electron chi connectivity index (χ0n) is 11.7. The predicted molar refractivity (Wildman–Crippen MR) is 75.2 cm³/mol. The Bertz CT molecular complexity index is 785. The van der Waals surface area contributed by atoms with E-state index in [0.717, 1.165) is 23.8 Å². The number of aromatic nitrogens is 2. The van der Waals surface area contributed by atoms with E-state index < -0.39 is 11.6 Å². The molecule has 0 unspecified atom stereocenters. The second-order valence-corrected chi connectivity index (χ2v) is 4.69. The van der Waals surface area contributed by atoms with Gasteiger partial charge in [-0.15, -0.1) is 0 Å². The van der Waals surface area contributed by atoms with Gasteiger partial charge in [-0.1, -0.05) is 5.16 Å². The number of aryl methyl sites for hydroxylation is 1. The summed E-state index contributed by atoms with van der Waals surface area (Å²) in [5.41, 5.74) is 0.944. The van der Waals surface area contributed by atoms with Gasteiger partial charge in [-0.05, 0) is 42.5 Å². The van der Waals surface area contributed by atoms with Crippen LogP contribution in [0.5, 0.6) is 5.75 Å². The molecule has 0 amide bonds. The summed E-state index contributed by atoms with van der Waals surface area (Å²) in [6, 6.07) is 10.2. The number of hydrogen-bond acceptors (Lipinski definition) is 4. The molecule has 6 heteroatoms. The lowest BCUT2D eigenvalue weighted by molar-refractivity contribution is 0.299.